The summed E-state index contributed by atoms with van der Waals surface area (Å²) in [7, 11) is -1.74. The van der Waals surface area contributed by atoms with Crippen LogP contribution < -0.4 is 0 Å². The molecule has 1 amide bonds. The average Bonchev–Trinajstić information content (AvgIpc) is 2.54. The van der Waals surface area contributed by atoms with Gasteiger partial charge in [0.05, 0.1) is 28.9 Å². The molecule has 1 saturated heterocycles. The molecule has 7 nitrogen and oxygen atoms in total. The van der Waals surface area contributed by atoms with E-state index in [1.54, 1.807) is 17.2 Å². The highest BCUT2D eigenvalue weighted by atomic mass is 32.2. The monoisotopic (exact) mass is 344 g/mol. The lowest BCUT2D eigenvalue weighted by Gasteiger charge is -2.26. The second kappa shape index (κ2) is 7.70. The molecule has 2 rings (SSSR count). The smallest absolute Gasteiger partial charge is 0.286 e. The Morgan fingerprint density at radius 1 is 1.45 bits per heavy atom. The molecule has 1 aliphatic rings. The third-order valence-electron chi connectivity index (χ3n) is 3.23. The van der Waals surface area contributed by atoms with Gasteiger partial charge in [-0.3, -0.25) is 19.1 Å². The molecule has 1 aliphatic heterocycles. The van der Waals surface area contributed by atoms with Crippen LogP contribution in [-0.2, 0) is 20.3 Å². The second-order valence-electron chi connectivity index (χ2n) is 4.57. The van der Waals surface area contributed by atoms with Crippen molar-refractivity contribution in [2.75, 3.05) is 38.3 Å². The fraction of sp³-hybridized carbons (Fsp3) is 0.462. The SMILES string of the molecule is CSc1ccc(S(=O)CC(=O)N2CCOCC2)c([N+](=O)[O-])c1. The highest BCUT2D eigenvalue weighted by Gasteiger charge is 2.24. The van der Waals surface area contributed by atoms with E-state index in [1.165, 1.54) is 23.9 Å². The molecule has 0 radical (unpaired) electrons. The lowest BCUT2D eigenvalue weighted by molar-refractivity contribution is -0.388. The number of hydrogen-bond acceptors (Lipinski definition) is 6. The highest BCUT2D eigenvalue weighted by molar-refractivity contribution is 7.98. The first kappa shape index (κ1) is 16.9. The van der Waals surface area contributed by atoms with Crippen molar-refractivity contribution in [2.45, 2.75) is 9.79 Å². The molecule has 1 atom stereocenters. The Hall–Kier alpha value is -1.45. The van der Waals surface area contributed by atoms with E-state index in [0.29, 0.717) is 31.2 Å². The molecule has 9 heteroatoms. The van der Waals surface area contributed by atoms with Gasteiger partial charge in [0.15, 0.2) is 0 Å². The summed E-state index contributed by atoms with van der Waals surface area (Å²) in [6, 6.07) is 4.52. The van der Waals surface area contributed by atoms with E-state index in [9.17, 15) is 19.1 Å². The zero-order chi connectivity index (χ0) is 16.1. The van der Waals surface area contributed by atoms with Gasteiger partial charge in [0.25, 0.3) is 5.69 Å². The Morgan fingerprint density at radius 2 is 2.14 bits per heavy atom. The number of ether oxygens (including phenoxy) is 1. The van der Waals surface area contributed by atoms with E-state index in [1.807, 2.05) is 0 Å². The molecule has 0 saturated carbocycles. The minimum Gasteiger partial charge on any atom is -0.378 e. The normalized spacial score (nSPS) is 16.3. The standard InChI is InChI=1S/C13H16N2O5S2/c1-21-10-2-3-12(11(8-10)15(17)18)22(19)9-13(16)14-4-6-20-7-5-14/h2-3,8H,4-7,9H2,1H3. The van der Waals surface area contributed by atoms with Gasteiger partial charge in [-0.25, -0.2) is 0 Å². The molecule has 1 heterocycles. The quantitative estimate of drug-likeness (QED) is 0.454. The summed E-state index contributed by atoms with van der Waals surface area (Å²) in [5.41, 5.74) is -0.208. The number of rotatable bonds is 5. The van der Waals surface area contributed by atoms with Crippen LogP contribution in [0.25, 0.3) is 0 Å². The van der Waals surface area contributed by atoms with E-state index >= 15 is 0 Å². The van der Waals surface area contributed by atoms with E-state index in [-0.39, 0.29) is 22.2 Å². The van der Waals surface area contributed by atoms with Crippen molar-refractivity contribution in [1.82, 2.24) is 4.90 Å². The zero-order valence-electron chi connectivity index (χ0n) is 12.0. The number of carbonyl (C=O) groups is 1. The molecule has 1 aromatic carbocycles. The van der Waals surface area contributed by atoms with Crippen molar-refractivity contribution >= 4 is 34.2 Å². The summed E-state index contributed by atoms with van der Waals surface area (Å²) in [5, 5.41) is 11.1. The number of nitro benzene ring substituents is 1. The van der Waals surface area contributed by atoms with Crippen LogP contribution in [0.1, 0.15) is 0 Å². The maximum atomic E-state index is 12.3. The predicted molar refractivity (Wildman–Crippen MR) is 83.6 cm³/mol. The van der Waals surface area contributed by atoms with Crippen LogP contribution in [0.15, 0.2) is 28.0 Å². The summed E-state index contributed by atoms with van der Waals surface area (Å²) >= 11 is 1.36. The van der Waals surface area contributed by atoms with Gasteiger partial charge in [-0.15, -0.1) is 11.8 Å². The van der Waals surface area contributed by atoms with E-state index in [0.717, 1.165) is 0 Å². The van der Waals surface area contributed by atoms with Gasteiger partial charge in [-0.1, -0.05) is 0 Å². The molecular formula is C13H16N2O5S2. The first-order chi connectivity index (χ1) is 10.5. The Kier molecular flexibility index (Phi) is 5.92. The topological polar surface area (TPSA) is 89.8 Å². The number of nitro groups is 1. The van der Waals surface area contributed by atoms with Gasteiger partial charge in [0, 0.05) is 24.1 Å². The van der Waals surface area contributed by atoms with Gasteiger partial charge in [0.2, 0.25) is 5.91 Å². The van der Waals surface area contributed by atoms with Crippen LogP contribution >= 0.6 is 11.8 Å². The van der Waals surface area contributed by atoms with E-state index in [2.05, 4.69) is 0 Å². The summed E-state index contributed by atoms with van der Waals surface area (Å²) < 4.78 is 17.5. The maximum Gasteiger partial charge on any atom is 0.286 e. The van der Waals surface area contributed by atoms with Gasteiger partial charge < -0.3 is 9.64 Å². The number of thioether (sulfide) groups is 1. The molecular weight excluding hydrogens is 328 g/mol. The molecule has 0 N–H and O–H groups in total. The van der Waals surface area contributed by atoms with Crippen LogP contribution in [0.2, 0.25) is 0 Å². The number of hydrogen-bond donors (Lipinski definition) is 0. The Balaban J connectivity index is 2.14. The summed E-state index contributed by atoms with van der Waals surface area (Å²) in [6.45, 7) is 1.84. The average molecular weight is 344 g/mol. The predicted octanol–water partition coefficient (Wildman–Crippen LogP) is 1.28. The van der Waals surface area contributed by atoms with Crippen LogP contribution in [0.4, 0.5) is 5.69 Å². The van der Waals surface area contributed by atoms with E-state index in [4.69, 9.17) is 4.74 Å². The molecule has 1 unspecified atom stereocenters. The zero-order valence-corrected chi connectivity index (χ0v) is 13.7. The van der Waals surface area contributed by atoms with Crippen LogP contribution in [0, 0.1) is 10.1 Å². The number of morpholine rings is 1. The highest BCUT2D eigenvalue weighted by Crippen LogP contribution is 2.28. The largest absolute Gasteiger partial charge is 0.378 e. The van der Waals surface area contributed by atoms with Crippen molar-refractivity contribution in [3.8, 4) is 0 Å². The van der Waals surface area contributed by atoms with Gasteiger partial charge in [0.1, 0.15) is 10.6 Å². The Morgan fingerprint density at radius 3 is 2.73 bits per heavy atom. The van der Waals surface area contributed by atoms with Gasteiger partial charge in [-0.05, 0) is 18.4 Å². The maximum absolute atomic E-state index is 12.3. The number of amides is 1. The summed E-state index contributed by atoms with van der Waals surface area (Å²) in [6.07, 6.45) is 1.80. The number of benzene rings is 1. The van der Waals surface area contributed by atoms with Gasteiger partial charge in [-0.2, -0.15) is 0 Å². The lowest BCUT2D eigenvalue weighted by atomic mass is 10.3. The molecule has 1 fully saturated rings. The van der Waals surface area contributed by atoms with Crippen molar-refractivity contribution in [3.63, 3.8) is 0 Å². The van der Waals surface area contributed by atoms with Crippen LogP contribution in [-0.4, -0.2) is 58.3 Å². The molecule has 1 aromatic rings. The molecule has 120 valence electrons. The number of carbonyl (C=O) groups excluding carboxylic acids is 1. The first-order valence-electron chi connectivity index (χ1n) is 6.59. The lowest BCUT2D eigenvalue weighted by Crippen LogP contribution is -2.42. The van der Waals surface area contributed by atoms with Crippen molar-refractivity contribution < 1.29 is 18.7 Å². The van der Waals surface area contributed by atoms with Gasteiger partial charge >= 0.3 is 0 Å². The number of nitrogens with zero attached hydrogens (tertiary/aromatic N) is 2. The minimum atomic E-state index is -1.74. The van der Waals surface area contributed by atoms with Crippen molar-refractivity contribution in [2.24, 2.45) is 0 Å². The third-order valence-corrected chi connectivity index (χ3v) is 5.30. The van der Waals surface area contributed by atoms with Crippen LogP contribution in [0.5, 0.6) is 0 Å². The second-order valence-corrected chi connectivity index (χ2v) is 6.87. The Bertz CT molecular complexity index is 602. The van der Waals surface area contributed by atoms with Crippen molar-refractivity contribution in [1.29, 1.82) is 0 Å². The molecule has 0 aromatic heterocycles. The summed E-state index contributed by atoms with van der Waals surface area (Å²) in [4.78, 5) is 25.0. The first-order valence-corrected chi connectivity index (χ1v) is 9.13. The molecule has 0 spiro atoms. The van der Waals surface area contributed by atoms with Crippen LogP contribution in [0.3, 0.4) is 0 Å². The summed E-state index contributed by atoms with van der Waals surface area (Å²) in [5.74, 6) is -0.524. The Labute approximate surface area is 134 Å². The van der Waals surface area contributed by atoms with E-state index < -0.39 is 15.7 Å². The minimum absolute atomic E-state index is 0.0874. The molecule has 0 aliphatic carbocycles. The fourth-order valence-electron chi connectivity index (χ4n) is 2.05. The molecule has 0 bridgehead atoms. The third kappa shape index (κ3) is 4.05. The molecule has 22 heavy (non-hydrogen) atoms. The fourth-order valence-corrected chi connectivity index (χ4v) is 3.64. The van der Waals surface area contributed by atoms with Crippen molar-refractivity contribution in [3.05, 3.63) is 28.3 Å².